The minimum atomic E-state index is -0.304. The lowest BCUT2D eigenvalue weighted by atomic mass is 9.94. The molecule has 0 aromatic heterocycles. The van der Waals surface area contributed by atoms with Crippen molar-refractivity contribution >= 4 is 35.0 Å². The van der Waals surface area contributed by atoms with Gasteiger partial charge in [-0.15, -0.1) is 0 Å². The van der Waals surface area contributed by atoms with Gasteiger partial charge in [0, 0.05) is 16.8 Å². The molecule has 0 aliphatic carbocycles. The molecule has 31 heavy (non-hydrogen) atoms. The van der Waals surface area contributed by atoms with Gasteiger partial charge in [-0.05, 0) is 50.1 Å². The monoisotopic (exact) mass is 441 g/mol. The topological polar surface area (TPSA) is 60.9 Å². The van der Waals surface area contributed by atoms with E-state index in [4.69, 9.17) is 11.6 Å². The number of rotatable bonds is 7. The van der Waals surface area contributed by atoms with Crippen LogP contribution in [0.3, 0.4) is 0 Å². The highest BCUT2D eigenvalue weighted by atomic mass is 35.5. The molecule has 0 N–H and O–H groups in total. The predicted molar refractivity (Wildman–Crippen MR) is 122 cm³/mol. The molecular weight excluding hydrogens is 414 g/mol. The average Bonchev–Trinajstić information content (AvgIpc) is 3.15. The number of anilines is 1. The van der Waals surface area contributed by atoms with Gasteiger partial charge in [-0.3, -0.25) is 19.3 Å². The number of halogens is 1. The first kappa shape index (κ1) is 22.8. The molecule has 1 heterocycles. The molecule has 3 amide bonds. The second-order valence-corrected chi connectivity index (χ2v) is 8.40. The molecular formula is C24H28ClN3O3. The third-order valence-corrected chi connectivity index (χ3v) is 5.80. The molecule has 6 nitrogen and oxygen atoms in total. The molecule has 0 saturated carbocycles. The van der Waals surface area contributed by atoms with Gasteiger partial charge in [0.2, 0.25) is 17.7 Å². The summed E-state index contributed by atoms with van der Waals surface area (Å²) in [4.78, 5) is 43.5. The van der Waals surface area contributed by atoms with Crippen molar-refractivity contribution in [2.24, 2.45) is 0 Å². The fraction of sp³-hybridized carbons (Fsp3) is 0.375. The molecule has 1 saturated heterocycles. The fourth-order valence-electron chi connectivity index (χ4n) is 3.76. The van der Waals surface area contributed by atoms with Crippen molar-refractivity contribution in [3.8, 4) is 0 Å². The molecule has 1 unspecified atom stereocenters. The Labute approximate surface area is 188 Å². The highest BCUT2D eigenvalue weighted by Crippen LogP contribution is 2.24. The first-order valence-electron chi connectivity index (χ1n) is 10.5. The van der Waals surface area contributed by atoms with Gasteiger partial charge in [-0.1, -0.05) is 48.9 Å². The first-order valence-corrected chi connectivity index (χ1v) is 10.9. The largest absolute Gasteiger partial charge is 0.330 e. The summed E-state index contributed by atoms with van der Waals surface area (Å²) in [5.41, 5.74) is 1.63. The fourth-order valence-corrected chi connectivity index (χ4v) is 3.89. The van der Waals surface area contributed by atoms with E-state index in [9.17, 15) is 14.4 Å². The molecule has 1 aliphatic heterocycles. The van der Waals surface area contributed by atoms with Crippen molar-refractivity contribution < 1.29 is 14.4 Å². The Morgan fingerprint density at radius 2 is 1.71 bits per heavy atom. The molecule has 0 bridgehead atoms. The maximum absolute atomic E-state index is 13.3. The third kappa shape index (κ3) is 5.25. The Morgan fingerprint density at radius 3 is 2.29 bits per heavy atom. The van der Waals surface area contributed by atoms with Crippen LogP contribution < -0.4 is 4.90 Å². The third-order valence-electron chi connectivity index (χ3n) is 5.55. The molecule has 7 heteroatoms. The van der Waals surface area contributed by atoms with Gasteiger partial charge >= 0.3 is 0 Å². The zero-order valence-electron chi connectivity index (χ0n) is 18.1. The first-order chi connectivity index (χ1) is 14.8. The number of nitrogens with zero attached hydrogens (tertiary/aromatic N) is 3. The van der Waals surface area contributed by atoms with Crippen LogP contribution in [0.25, 0.3) is 0 Å². The summed E-state index contributed by atoms with van der Waals surface area (Å²) < 4.78 is 0. The van der Waals surface area contributed by atoms with Crippen molar-refractivity contribution in [1.82, 2.24) is 9.80 Å². The normalized spacial score (nSPS) is 14.8. The van der Waals surface area contributed by atoms with E-state index in [0.29, 0.717) is 17.1 Å². The maximum atomic E-state index is 13.3. The summed E-state index contributed by atoms with van der Waals surface area (Å²) in [5.74, 6) is -0.775. The highest BCUT2D eigenvalue weighted by molar-refractivity contribution is 6.30. The molecule has 3 rings (SSSR count). The molecule has 1 fully saturated rings. The SMILES string of the molecule is CCC(C(=O)N(CC(=O)N1CC(=O)N(c2ccc(Cl)cc2)C1)C(C)C)c1ccccc1. The van der Waals surface area contributed by atoms with Crippen molar-refractivity contribution in [3.05, 3.63) is 65.2 Å². The predicted octanol–water partition coefficient (Wildman–Crippen LogP) is 3.90. The van der Waals surface area contributed by atoms with Gasteiger partial charge < -0.3 is 9.80 Å². The molecule has 164 valence electrons. The van der Waals surface area contributed by atoms with Crippen LogP contribution in [0.5, 0.6) is 0 Å². The van der Waals surface area contributed by atoms with E-state index in [1.165, 1.54) is 4.90 Å². The lowest BCUT2D eigenvalue weighted by Crippen LogP contribution is -2.47. The second kappa shape index (κ2) is 9.96. The highest BCUT2D eigenvalue weighted by Gasteiger charge is 2.34. The van der Waals surface area contributed by atoms with E-state index in [1.54, 1.807) is 34.1 Å². The van der Waals surface area contributed by atoms with Gasteiger partial charge in [0.05, 0.1) is 5.92 Å². The van der Waals surface area contributed by atoms with Crippen molar-refractivity contribution in [3.63, 3.8) is 0 Å². The quantitative estimate of drug-likeness (QED) is 0.654. The zero-order chi connectivity index (χ0) is 22.5. The van der Waals surface area contributed by atoms with Crippen LogP contribution >= 0.6 is 11.6 Å². The maximum Gasteiger partial charge on any atom is 0.248 e. The molecule has 2 aromatic carbocycles. The minimum Gasteiger partial charge on any atom is -0.330 e. The van der Waals surface area contributed by atoms with Crippen LogP contribution in [-0.2, 0) is 14.4 Å². The Hall–Kier alpha value is -2.86. The number of amides is 3. The molecule has 1 atom stereocenters. The summed E-state index contributed by atoms with van der Waals surface area (Å²) in [6.45, 7) is 5.88. The molecule has 0 radical (unpaired) electrons. The standard InChI is InChI=1S/C24H28ClN3O3/c1-4-21(18-8-6-5-7-9-18)24(31)27(17(2)3)15-22(29)26-14-23(30)28(16-26)20-12-10-19(25)11-13-20/h5-13,17,21H,4,14-16H2,1-3H3. The summed E-state index contributed by atoms with van der Waals surface area (Å²) in [5, 5.41) is 0.582. The lowest BCUT2D eigenvalue weighted by molar-refractivity contribution is -0.142. The summed E-state index contributed by atoms with van der Waals surface area (Å²) in [6, 6.07) is 16.4. The summed E-state index contributed by atoms with van der Waals surface area (Å²) >= 11 is 5.93. The Morgan fingerprint density at radius 1 is 1.06 bits per heavy atom. The van der Waals surface area contributed by atoms with Gasteiger partial charge in [-0.25, -0.2) is 0 Å². The van der Waals surface area contributed by atoms with Crippen LogP contribution in [-0.4, -0.2) is 53.3 Å². The smallest absolute Gasteiger partial charge is 0.248 e. The molecule has 2 aromatic rings. The minimum absolute atomic E-state index is 0.00250. The Bertz CT molecular complexity index is 931. The van der Waals surface area contributed by atoms with Crippen molar-refractivity contribution in [2.45, 2.75) is 39.2 Å². The van der Waals surface area contributed by atoms with E-state index in [2.05, 4.69) is 0 Å². The average molecular weight is 442 g/mol. The molecule has 1 aliphatic rings. The number of hydrogen-bond acceptors (Lipinski definition) is 3. The van der Waals surface area contributed by atoms with E-state index < -0.39 is 0 Å². The van der Waals surface area contributed by atoms with Gasteiger partial charge in [0.25, 0.3) is 0 Å². The van der Waals surface area contributed by atoms with Crippen molar-refractivity contribution in [2.75, 3.05) is 24.7 Å². The van der Waals surface area contributed by atoms with E-state index in [-0.39, 0.29) is 49.4 Å². The Kier molecular flexibility index (Phi) is 7.33. The van der Waals surface area contributed by atoms with Crippen LogP contribution in [0.15, 0.2) is 54.6 Å². The number of carbonyl (C=O) groups excluding carboxylic acids is 3. The van der Waals surface area contributed by atoms with E-state index in [0.717, 1.165) is 5.56 Å². The van der Waals surface area contributed by atoms with Crippen LogP contribution in [0.2, 0.25) is 5.02 Å². The van der Waals surface area contributed by atoms with Crippen LogP contribution in [0, 0.1) is 0 Å². The Balaban J connectivity index is 1.71. The van der Waals surface area contributed by atoms with Crippen molar-refractivity contribution in [1.29, 1.82) is 0 Å². The van der Waals surface area contributed by atoms with Crippen LogP contribution in [0.4, 0.5) is 5.69 Å². The van der Waals surface area contributed by atoms with Crippen LogP contribution in [0.1, 0.15) is 38.7 Å². The van der Waals surface area contributed by atoms with Gasteiger partial charge in [0.15, 0.2) is 0 Å². The number of carbonyl (C=O) groups is 3. The summed E-state index contributed by atoms with van der Waals surface area (Å²) in [6.07, 6.45) is 0.646. The van der Waals surface area contributed by atoms with Gasteiger partial charge in [0.1, 0.15) is 19.8 Å². The second-order valence-electron chi connectivity index (χ2n) is 7.96. The van der Waals surface area contributed by atoms with E-state index >= 15 is 0 Å². The zero-order valence-corrected chi connectivity index (χ0v) is 18.9. The van der Waals surface area contributed by atoms with E-state index in [1.807, 2.05) is 51.1 Å². The molecule has 0 spiro atoms. The lowest BCUT2D eigenvalue weighted by Gasteiger charge is -2.31. The number of hydrogen-bond donors (Lipinski definition) is 0. The number of benzene rings is 2. The summed E-state index contributed by atoms with van der Waals surface area (Å²) in [7, 11) is 0. The van der Waals surface area contributed by atoms with Gasteiger partial charge in [-0.2, -0.15) is 0 Å².